The normalized spacial score (nSPS) is 12.3. The van der Waals surface area contributed by atoms with Crippen molar-refractivity contribution < 1.29 is 9.59 Å². The second-order valence-electron chi connectivity index (χ2n) is 5.05. The number of nitrogens with zero attached hydrogens (tertiary/aromatic N) is 3. The molecule has 0 aliphatic rings. The van der Waals surface area contributed by atoms with Crippen LogP contribution in [0.2, 0.25) is 0 Å². The molecule has 0 spiro atoms. The predicted octanol–water partition coefficient (Wildman–Crippen LogP) is 0.675. The molecular formula is C13H22N4O2. The molecule has 1 aromatic rings. The Hall–Kier alpha value is -1.85. The highest BCUT2D eigenvalue weighted by atomic mass is 16.2. The third kappa shape index (κ3) is 4.73. The van der Waals surface area contributed by atoms with Crippen molar-refractivity contribution in [1.29, 1.82) is 0 Å². The number of nitrogens with one attached hydrogen (secondary N) is 1. The van der Waals surface area contributed by atoms with Gasteiger partial charge in [-0.3, -0.25) is 14.3 Å². The van der Waals surface area contributed by atoms with E-state index in [4.69, 9.17) is 0 Å². The summed E-state index contributed by atoms with van der Waals surface area (Å²) >= 11 is 0. The number of carbonyl (C=O) groups is 2. The third-order valence-electron chi connectivity index (χ3n) is 2.74. The van der Waals surface area contributed by atoms with Gasteiger partial charge in [0.2, 0.25) is 11.8 Å². The van der Waals surface area contributed by atoms with Crippen molar-refractivity contribution in [2.45, 2.75) is 26.8 Å². The molecule has 0 saturated carbocycles. The van der Waals surface area contributed by atoms with Crippen LogP contribution in [0.4, 0.5) is 0 Å². The average molecular weight is 266 g/mol. The highest BCUT2D eigenvalue weighted by Crippen LogP contribution is 2.06. The zero-order chi connectivity index (χ0) is 14.4. The van der Waals surface area contributed by atoms with E-state index >= 15 is 0 Å². The summed E-state index contributed by atoms with van der Waals surface area (Å²) in [5.41, 5.74) is 0. The Morgan fingerprint density at radius 3 is 2.58 bits per heavy atom. The lowest BCUT2D eigenvalue weighted by atomic mass is 10.2. The van der Waals surface area contributed by atoms with Crippen LogP contribution in [0.3, 0.4) is 0 Å². The Kier molecular flexibility index (Phi) is 5.54. The molecule has 2 amide bonds. The molecule has 0 bridgehead atoms. The van der Waals surface area contributed by atoms with E-state index in [2.05, 4.69) is 10.4 Å². The summed E-state index contributed by atoms with van der Waals surface area (Å²) in [5.74, 6) is 0.119. The first kappa shape index (κ1) is 15.2. The summed E-state index contributed by atoms with van der Waals surface area (Å²) in [6, 6.07) is 1.36. The van der Waals surface area contributed by atoms with Crippen LogP contribution in [-0.4, -0.2) is 46.6 Å². The number of likely N-dealkylation sites (N-methyl/N-ethyl adjacent to an activating group) is 1. The smallest absolute Gasteiger partial charge is 0.247 e. The number of hydrogen-bond donors (Lipinski definition) is 1. The van der Waals surface area contributed by atoms with Crippen molar-refractivity contribution in [2.24, 2.45) is 5.92 Å². The van der Waals surface area contributed by atoms with Crippen molar-refractivity contribution in [2.75, 3.05) is 20.1 Å². The van der Waals surface area contributed by atoms with Crippen molar-refractivity contribution in [3.8, 4) is 0 Å². The predicted molar refractivity (Wildman–Crippen MR) is 72.4 cm³/mol. The van der Waals surface area contributed by atoms with Crippen LogP contribution in [0.25, 0.3) is 0 Å². The standard InChI is InChI=1S/C13H22N4O2/c1-10(2)8-14-12(18)9-16(4)13(19)11(3)17-7-5-6-15-17/h5-7,10-11H,8-9H2,1-4H3,(H,14,18). The van der Waals surface area contributed by atoms with Crippen LogP contribution in [0, 0.1) is 5.92 Å². The summed E-state index contributed by atoms with van der Waals surface area (Å²) in [4.78, 5) is 25.2. The Morgan fingerprint density at radius 2 is 2.05 bits per heavy atom. The number of carbonyl (C=O) groups excluding carboxylic acids is 2. The van der Waals surface area contributed by atoms with E-state index < -0.39 is 6.04 Å². The largest absolute Gasteiger partial charge is 0.354 e. The highest BCUT2D eigenvalue weighted by Gasteiger charge is 2.20. The molecule has 0 aliphatic heterocycles. The van der Waals surface area contributed by atoms with Gasteiger partial charge in [0.05, 0.1) is 6.54 Å². The van der Waals surface area contributed by atoms with Gasteiger partial charge in [0.1, 0.15) is 6.04 Å². The van der Waals surface area contributed by atoms with E-state index in [1.165, 1.54) is 4.90 Å². The molecule has 0 saturated heterocycles. The van der Waals surface area contributed by atoms with Gasteiger partial charge >= 0.3 is 0 Å². The second kappa shape index (κ2) is 6.92. The molecule has 0 fully saturated rings. The topological polar surface area (TPSA) is 67.2 Å². The van der Waals surface area contributed by atoms with E-state index in [9.17, 15) is 9.59 Å². The van der Waals surface area contributed by atoms with Crippen LogP contribution in [0.15, 0.2) is 18.5 Å². The number of amides is 2. The van der Waals surface area contributed by atoms with Gasteiger partial charge in [-0.1, -0.05) is 13.8 Å². The van der Waals surface area contributed by atoms with Gasteiger partial charge in [-0.2, -0.15) is 5.10 Å². The fourth-order valence-corrected chi connectivity index (χ4v) is 1.61. The number of rotatable bonds is 6. The SMILES string of the molecule is CC(C)CNC(=O)CN(C)C(=O)C(C)n1cccn1. The Morgan fingerprint density at radius 1 is 1.37 bits per heavy atom. The highest BCUT2D eigenvalue weighted by molar-refractivity contribution is 5.86. The quantitative estimate of drug-likeness (QED) is 0.823. The van der Waals surface area contributed by atoms with Gasteiger partial charge in [0.25, 0.3) is 0 Å². The summed E-state index contributed by atoms with van der Waals surface area (Å²) in [6.45, 7) is 6.49. The molecule has 1 unspecified atom stereocenters. The molecule has 0 aliphatic carbocycles. The van der Waals surface area contributed by atoms with Crippen LogP contribution in [0.5, 0.6) is 0 Å². The fourth-order valence-electron chi connectivity index (χ4n) is 1.61. The number of aromatic nitrogens is 2. The summed E-state index contributed by atoms with van der Waals surface area (Å²) in [5, 5.41) is 6.81. The molecule has 1 N–H and O–H groups in total. The van der Waals surface area contributed by atoms with Crippen LogP contribution < -0.4 is 5.32 Å². The lowest BCUT2D eigenvalue weighted by Crippen LogP contribution is -2.41. The molecule has 19 heavy (non-hydrogen) atoms. The van der Waals surface area contributed by atoms with E-state index in [1.54, 1.807) is 37.1 Å². The van der Waals surface area contributed by atoms with Gasteiger partial charge in [-0.05, 0) is 18.9 Å². The maximum atomic E-state index is 12.1. The summed E-state index contributed by atoms with van der Waals surface area (Å²) in [7, 11) is 1.62. The molecule has 1 heterocycles. The van der Waals surface area contributed by atoms with Gasteiger partial charge < -0.3 is 10.2 Å². The third-order valence-corrected chi connectivity index (χ3v) is 2.74. The summed E-state index contributed by atoms with van der Waals surface area (Å²) in [6.07, 6.45) is 3.36. The molecule has 1 rings (SSSR count). The van der Waals surface area contributed by atoms with Crippen molar-refractivity contribution in [3.63, 3.8) is 0 Å². The van der Waals surface area contributed by atoms with Crippen LogP contribution in [0.1, 0.15) is 26.8 Å². The molecule has 6 nitrogen and oxygen atoms in total. The molecule has 0 aromatic carbocycles. The molecule has 0 radical (unpaired) electrons. The van der Waals surface area contributed by atoms with E-state index in [1.807, 2.05) is 13.8 Å². The van der Waals surface area contributed by atoms with Gasteiger partial charge in [-0.15, -0.1) is 0 Å². The Bertz CT molecular complexity index is 414. The van der Waals surface area contributed by atoms with Gasteiger partial charge in [0.15, 0.2) is 0 Å². The molecule has 106 valence electrons. The Balaban J connectivity index is 2.46. The molecular weight excluding hydrogens is 244 g/mol. The monoisotopic (exact) mass is 266 g/mol. The van der Waals surface area contributed by atoms with Crippen molar-refractivity contribution in [1.82, 2.24) is 20.0 Å². The van der Waals surface area contributed by atoms with Gasteiger partial charge in [-0.25, -0.2) is 0 Å². The first-order valence-corrected chi connectivity index (χ1v) is 6.42. The minimum absolute atomic E-state index is 0.0666. The van der Waals surface area contributed by atoms with Crippen LogP contribution in [-0.2, 0) is 9.59 Å². The minimum Gasteiger partial charge on any atom is -0.354 e. The second-order valence-corrected chi connectivity index (χ2v) is 5.05. The van der Waals surface area contributed by atoms with E-state index in [-0.39, 0.29) is 18.4 Å². The van der Waals surface area contributed by atoms with Gasteiger partial charge in [0, 0.05) is 26.0 Å². The van der Waals surface area contributed by atoms with Crippen molar-refractivity contribution >= 4 is 11.8 Å². The average Bonchev–Trinajstić information content (AvgIpc) is 2.88. The maximum Gasteiger partial charge on any atom is 0.247 e. The maximum absolute atomic E-state index is 12.1. The minimum atomic E-state index is -0.405. The Labute approximate surface area is 113 Å². The summed E-state index contributed by atoms with van der Waals surface area (Å²) < 4.78 is 1.57. The molecule has 1 atom stereocenters. The van der Waals surface area contributed by atoms with E-state index in [0.29, 0.717) is 12.5 Å². The van der Waals surface area contributed by atoms with Crippen molar-refractivity contribution in [3.05, 3.63) is 18.5 Å². The fraction of sp³-hybridized carbons (Fsp3) is 0.615. The molecule has 1 aromatic heterocycles. The lowest BCUT2D eigenvalue weighted by Gasteiger charge is -2.21. The first-order chi connectivity index (χ1) is 8.91. The zero-order valence-corrected chi connectivity index (χ0v) is 12.0. The molecule has 6 heteroatoms. The first-order valence-electron chi connectivity index (χ1n) is 6.42. The zero-order valence-electron chi connectivity index (χ0n) is 12.0. The lowest BCUT2D eigenvalue weighted by molar-refractivity contribution is -0.137. The number of hydrogen-bond acceptors (Lipinski definition) is 3. The van der Waals surface area contributed by atoms with Crippen LogP contribution >= 0.6 is 0 Å². The van der Waals surface area contributed by atoms with E-state index in [0.717, 1.165) is 0 Å².